The number of hydrogen-bond donors (Lipinski definition) is 1. The van der Waals surface area contributed by atoms with Gasteiger partial charge in [-0.05, 0) is 36.8 Å². The lowest BCUT2D eigenvalue weighted by molar-refractivity contribution is -0.112. The van der Waals surface area contributed by atoms with Gasteiger partial charge in [0.25, 0.3) is 5.91 Å². The van der Waals surface area contributed by atoms with Crippen LogP contribution in [0.3, 0.4) is 0 Å². The number of rotatable bonds is 3. The van der Waals surface area contributed by atoms with Gasteiger partial charge in [0.05, 0.1) is 13.4 Å². The Balaban J connectivity index is 1.95. The highest BCUT2D eigenvalue weighted by atomic mass is 35.5. The quantitative estimate of drug-likeness (QED) is 0.888. The van der Waals surface area contributed by atoms with Gasteiger partial charge in [0.2, 0.25) is 0 Å². The van der Waals surface area contributed by atoms with Gasteiger partial charge in [-0.1, -0.05) is 29.8 Å². The molecule has 4 nitrogen and oxygen atoms in total. The molecule has 0 aliphatic carbocycles. The lowest BCUT2D eigenvalue weighted by atomic mass is 10.1. The molecule has 24 heavy (non-hydrogen) atoms. The number of carbonyl (C=O) groups excluding carboxylic acids is 1. The lowest BCUT2D eigenvalue weighted by Crippen LogP contribution is -2.13. The molecule has 0 spiro atoms. The fourth-order valence-corrected chi connectivity index (χ4v) is 2.63. The number of ether oxygens (including phenoxy) is 2. The van der Waals surface area contributed by atoms with Crippen molar-refractivity contribution in [1.82, 2.24) is 0 Å². The number of amides is 1. The van der Waals surface area contributed by atoms with E-state index in [4.69, 9.17) is 21.1 Å². The zero-order chi connectivity index (χ0) is 17.1. The topological polar surface area (TPSA) is 47.6 Å². The van der Waals surface area contributed by atoms with Crippen LogP contribution < -0.4 is 14.8 Å². The smallest absolute Gasteiger partial charge is 0.255 e. The molecule has 2 aromatic rings. The van der Waals surface area contributed by atoms with Crippen molar-refractivity contribution < 1.29 is 14.3 Å². The van der Waals surface area contributed by atoms with Crippen LogP contribution in [-0.2, 0) is 4.79 Å². The van der Waals surface area contributed by atoms with Crippen LogP contribution in [0, 0.1) is 6.92 Å². The predicted octanol–water partition coefficient (Wildman–Crippen LogP) is 4.59. The molecular formula is C19H16ClNO3. The Labute approximate surface area is 145 Å². The van der Waals surface area contributed by atoms with Crippen molar-refractivity contribution in [1.29, 1.82) is 0 Å². The summed E-state index contributed by atoms with van der Waals surface area (Å²) in [6.45, 7) is 1.94. The molecule has 122 valence electrons. The highest BCUT2D eigenvalue weighted by molar-refractivity contribution is 6.31. The number of carbonyl (C=O) groups is 1. The van der Waals surface area contributed by atoms with Gasteiger partial charge in [-0.2, -0.15) is 0 Å². The maximum atomic E-state index is 12.6. The molecule has 3 rings (SSSR count). The Hall–Kier alpha value is -2.72. The van der Waals surface area contributed by atoms with Crippen molar-refractivity contribution in [3.8, 4) is 11.5 Å². The van der Waals surface area contributed by atoms with E-state index in [2.05, 4.69) is 5.32 Å². The summed E-state index contributed by atoms with van der Waals surface area (Å²) < 4.78 is 10.9. The third-order valence-corrected chi connectivity index (χ3v) is 3.89. The SMILES string of the molecule is COc1cc(Cl)cc2c1OC=CC(C(=O)Nc1ccccc1C)=C2. The first-order chi connectivity index (χ1) is 11.6. The standard InChI is InChI=1S/C19H16ClNO3/c1-12-5-3-4-6-16(12)21-19(22)13-7-8-24-18-14(9-13)10-15(20)11-17(18)23-2/h3-11H,1-2H3,(H,21,22). The van der Waals surface area contributed by atoms with Crippen LogP contribution in [0.4, 0.5) is 5.69 Å². The van der Waals surface area contributed by atoms with Gasteiger partial charge in [-0.25, -0.2) is 0 Å². The molecule has 0 aromatic heterocycles. The summed E-state index contributed by atoms with van der Waals surface area (Å²) in [4.78, 5) is 12.6. The minimum Gasteiger partial charge on any atom is -0.493 e. The molecule has 0 radical (unpaired) electrons. The molecule has 5 heteroatoms. The summed E-state index contributed by atoms with van der Waals surface area (Å²) in [6, 6.07) is 11.0. The molecule has 1 aliphatic heterocycles. The second kappa shape index (κ2) is 6.81. The molecule has 0 unspecified atom stereocenters. The van der Waals surface area contributed by atoms with Gasteiger partial charge in [-0.3, -0.25) is 4.79 Å². The maximum absolute atomic E-state index is 12.6. The number of methoxy groups -OCH3 is 1. The van der Waals surface area contributed by atoms with Crippen LogP contribution in [0.5, 0.6) is 11.5 Å². The molecule has 1 aliphatic rings. The van der Waals surface area contributed by atoms with Crippen molar-refractivity contribution in [3.63, 3.8) is 0 Å². The number of hydrogen-bond acceptors (Lipinski definition) is 3. The molecule has 2 aromatic carbocycles. The molecule has 0 fully saturated rings. The van der Waals surface area contributed by atoms with Crippen molar-refractivity contribution in [2.45, 2.75) is 6.92 Å². The zero-order valence-corrected chi connectivity index (χ0v) is 14.1. The highest BCUT2D eigenvalue weighted by Gasteiger charge is 2.17. The number of nitrogens with one attached hydrogen (secondary N) is 1. The molecule has 0 saturated heterocycles. The summed E-state index contributed by atoms with van der Waals surface area (Å²) in [5.41, 5.74) is 2.90. The first kappa shape index (κ1) is 16.1. The van der Waals surface area contributed by atoms with Crippen molar-refractivity contribution in [2.75, 3.05) is 12.4 Å². The summed E-state index contributed by atoms with van der Waals surface area (Å²) in [6.07, 6.45) is 4.80. The lowest BCUT2D eigenvalue weighted by Gasteiger charge is -2.10. The third-order valence-electron chi connectivity index (χ3n) is 3.67. The number of anilines is 1. The van der Waals surface area contributed by atoms with Gasteiger partial charge in [0.1, 0.15) is 0 Å². The average molecular weight is 342 g/mol. The van der Waals surface area contributed by atoms with Crippen LogP contribution in [-0.4, -0.2) is 13.0 Å². The largest absolute Gasteiger partial charge is 0.493 e. The van der Waals surface area contributed by atoms with Crippen LogP contribution in [0.25, 0.3) is 6.08 Å². The van der Waals surface area contributed by atoms with Crippen LogP contribution in [0.1, 0.15) is 11.1 Å². The number of benzene rings is 2. The summed E-state index contributed by atoms with van der Waals surface area (Å²) in [5, 5.41) is 3.41. The average Bonchev–Trinajstić information content (AvgIpc) is 2.78. The van der Waals surface area contributed by atoms with E-state index in [1.54, 1.807) is 31.4 Å². The minimum atomic E-state index is -0.226. The monoisotopic (exact) mass is 341 g/mol. The normalized spacial score (nSPS) is 12.5. The van der Waals surface area contributed by atoms with Gasteiger partial charge in [-0.15, -0.1) is 0 Å². The Morgan fingerprint density at radius 2 is 2.04 bits per heavy atom. The van der Waals surface area contributed by atoms with E-state index in [9.17, 15) is 4.79 Å². The van der Waals surface area contributed by atoms with Crippen LogP contribution in [0.2, 0.25) is 5.02 Å². The van der Waals surface area contributed by atoms with Crippen molar-refractivity contribution >= 4 is 29.3 Å². The summed E-state index contributed by atoms with van der Waals surface area (Å²) in [7, 11) is 1.54. The number of para-hydroxylation sites is 1. The molecule has 0 bridgehead atoms. The van der Waals surface area contributed by atoms with Gasteiger partial charge < -0.3 is 14.8 Å². The Kier molecular flexibility index (Phi) is 4.58. The summed E-state index contributed by atoms with van der Waals surface area (Å²) >= 11 is 6.11. The molecule has 0 atom stereocenters. The van der Waals surface area contributed by atoms with Crippen LogP contribution in [0.15, 0.2) is 54.3 Å². The molecule has 1 heterocycles. The summed E-state index contributed by atoms with van der Waals surface area (Å²) in [5.74, 6) is 0.812. The molecule has 1 amide bonds. The van der Waals surface area contributed by atoms with Crippen LogP contribution >= 0.6 is 11.6 Å². The van der Waals surface area contributed by atoms with E-state index in [1.165, 1.54) is 6.26 Å². The first-order valence-corrected chi connectivity index (χ1v) is 7.75. The Morgan fingerprint density at radius 1 is 1.25 bits per heavy atom. The minimum absolute atomic E-state index is 0.226. The number of halogens is 1. The van der Waals surface area contributed by atoms with E-state index < -0.39 is 0 Å². The fourth-order valence-electron chi connectivity index (χ4n) is 2.41. The van der Waals surface area contributed by atoms with Gasteiger partial charge >= 0.3 is 0 Å². The second-order valence-electron chi connectivity index (χ2n) is 5.32. The van der Waals surface area contributed by atoms with E-state index in [0.29, 0.717) is 27.7 Å². The van der Waals surface area contributed by atoms with Gasteiger partial charge in [0, 0.05) is 27.9 Å². The van der Waals surface area contributed by atoms with E-state index in [-0.39, 0.29) is 5.91 Å². The van der Waals surface area contributed by atoms with Gasteiger partial charge in [0.15, 0.2) is 11.5 Å². The number of aryl methyl sites for hydroxylation is 1. The molecule has 0 saturated carbocycles. The Morgan fingerprint density at radius 3 is 2.79 bits per heavy atom. The van der Waals surface area contributed by atoms with E-state index >= 15 is 0 Å². The van der Waals surface area contributed by atoms with E-state index in [0.717, 1.165) is 11.3 Å². The molecular weight excluding hydrogens is 326 g/mol. The Bertz CT molecular complexity index is 856. The van der Waals surface area contributed by atoms with Crippen molar-refractivity contribution in [2.24, 2.45) is 0 Å². The molecule has 1 N–H and O–H groups in total. The van der Waals surface area contributed by atoms with Crippen molar-refractivity contribution in [3.05, 3.63) is 70.5 Å². The second-order valence-corrected chi connectivity index (χ2v) is 5.75. The first-order valence-electron chi connectivity index (χ1n) is 7.38. The maximum Gasteiger partial charge on any atom is 0.255 e. The zero-order valence-electron chi connectivity index (χ0n) is 13.3. The predicted molar refractivity (Wildman–Crippen MR) is 95.6 cm³/mol. The number of fused-ring (bicyclic) bond motifs is 1. The fraction of sp³-hybridized carbons (Fsp3) is 0.105. The van der Waals surface area contributed by atoms with E-state index in [1.807, 2.05) is 31.2 Å². The highest BCUT2D eigenvalue weighted by Crippen LogP contribution is 2.37. The third kappa shape index (κ3) is 3.29.